The van der Waals surface area contributed by atoms with Crippen LogP contribution in [0.3, 0.4) is 0 Å². The van der Waals surface area contributed by atoms with E-state index in [1.807, 2.05) is 0 Å². The number of nitrogens with zero attached hydrogens (tertiary/aromatic N) is 1. The number of benzene rings is 1. The summed E-state index contributed by atoms with van der Waals surface area (Å²) >= 11 is 0. The minimum atomic E-state index is 0.621. The zero-order valence-corrected chi connectivity index (χ0v) is 10.4. The van der Waals surface area contributed by atoms with Gasteiger partial charge in [0.1, 0.15) is 0 Å². The highest BCUT2D eigenvalue weighted by molar-refractivity contribution is 5.57. The molecular weight excluding hydrogens is 196 g/mol. The highest BCUT2D eigenvalue weighted by Gasteiger charge is 2.20. The van der Waals surface area contributed by atoms with E-state index in [4.69, 9.17) is 0 Å². The monoisotopic (exact) mass is 218 g/mol. The van der Waals surface area contributed by atoms with Crippen molar-refractivity contribution >= 4 is 5.69 Å². The average molecular weight is 218 g/mol. The van der Waals surface area contributed by atoms with Crippen molar-refractivity contribution in [2.45, 2.75) is 32.2 Å². The third-order valence-electron chi connectivity index (χ3n) is 3.47. The summed E-state index contributed by atoms with van der Waals surface area (Å²) in [6.07, 6.45) is 3.72. The quantitative estimate of drug-likeness (QED) is 0.816. The predicted molar refractivity (Wildman–Crippen MR) is 70.1 cm³/mol. The Kier molecular flexibility index (Phi) is 3.83. The van der Waals surface area contributed by atoms with E-state index in [-0.39, 0.29) is 0 Å². The lowest BCUT2D eigenvalue weighted by Crippen LogP contribution is -2.38. The van der Waals surface area contributed by atoms with Crippen molar-refractivity contribution in [2.75, 3.05) is 25.0 Å². The summed E-state index contributed by atoms with van der Waals surface area (Å²) in [7, 11) is 2.07. The molecule has 16 heavy (non-hydrogen) atoms. The molecule has 0 aromatic heterocycles. The van der Waals surface area contributed by atoms with Crippen LogP contribution in [0.1, 0.15) is 25.3 Å². The number of anilines is 1. The maximum absolute atomic E-state index is 3.42. The van der Waals surface area contributed by atoms with Crippen molar-refractivity contribution in [2.24, 2.45) is 0 Å². The van der Waals surface area contributed by atoms with Crippen LogP contribution in [0.15, 0.2) is 24.3 Å². The molecule has 2 rings (SSSR count). The van der Waals surface area contributed by atoms with E-state index >= 15 is 0 Å². The molecule has 1 heterocycles. The van der Waals surface area contributed by atoms with Crippen LogP contribution >= 0.6 is 0 Å². The van der Waals surface area contributed by atoms with Crippen molar-refractivity contribution in [3.8, 4) is 0 Å². The smallest absolute Gasteiger partial charge is 0.0400 e. The number of fused-ring (bicyclic) bond motifs is 1. The normalized spacial score (nSPS) is 16.2. The minimum Gasteiger partial charge on any atom is -0.369 e. The van der Waals surface area contributed by atoms with E-state index in [1.54, 1.807) is 0 Å². The second kappa shape index (κ2) is 5.35. The van der Waals surface area contributed by atoms with Gasteiger partial charge in [-0.3, -0.25) is 0 Å². The maximum Gasteiger partial charge on any atom is 0.0400 e. The fourth-order valence-corrected chi connectivity index (χ4v) is 2.54. The molecular formula is C14H22N2. The van der Waals surface area contributed by atoms with Gasteiger partial charge in [-0.2, -0.15) is 0 Å². The summed E-state index contributed by atoms with van der Waals surface area (Å²) < 4.78 is 0. The van der Waals surface area contributed by atoms with E-state index < -0.39 is 0 Å². The summed E-state index contributed by atoms with van der Waals surface area (Å²) in [5, 5.41) is 3.42. The molecule has 1 aromatic rings. The Morgan fingerprint density at radius 3 is 2.94 bits per heavy atom. The second-order valence-electron chi connectivity index (χ2n) is 4.60. The maximum atomic E-state index is 3.42. The Morgan fingerprint density at radius 1 is 1.38 bits per heavy atom. The number of para-hydroxylation sites is 1. The van der Waals surface area contributed by atoms with Crippen LogP contribution in [-0.4, -0.2) is 26.2 Å². The molecule has 0 spiro atoms. The summed E-state index contributed by atoms with van der Waals surface area (Å²) in [5.41, 5.74) is 2.95. The molecule has 88 valence electrons. The van der Waals surface area contributed by atoms with Crippen LogP contribution in [0, 0.1) is 0 Å². The minimum absolute atomic E-state index is 0.621. The van der Waals surface area contributed by atoms with Gasteiger partial charge in [0.15, 0.2) is 0 Å². The summed E-state index contributed by atoms with van der Waals surface area (Å²) in [6.45, 7) is 4.57. The summed E-state index contributed by atoms with van der Waals surface area (Å²) in [4.78, 5) is 2.52. The van der Waals surface area contributed by atoms with E-state index in [2.05, 4.69) is 48.5 Å². The van der Waals surface area contributed by atoms with Crippen molar-refractivity contribution in [1.29, 1.82) is 0 Å². The Hall–Kier alpha value is -1.02. The van der Waals surface area contributed by atoms with Crippen LogP contribution in [0.2, 0.25) is 0 Å². The number of hydrogen-bond acceptors (Lipinski definition) is 2. The molecule has 2 nitrogen and oxygen atoms in total. The topological polar surface area (TPSA) is 15.3 Å². The van der Waals surface area contributed by atoms with Gasteiger partial charge in [-0.05, 0) is 31.5 Å². The first-order chi connectivity index (χ1) is 7.85. The summed E-state index contributed by atoms with van der Waals surface area (Å²) in [5.74, 6) is 0. The Labute approximate surface area is 98.7 Å². The van der Waals surface area contributed by atoms with Gasteiger partial charge in [-0.15, -0.1) is 0 Å². The molecule has 1 N–H and O–H groups in total. The zero-order valence-electron chi connectivity index (χ0n) is 10.4. The van der Waals surface area contributed by atoms with Gasteiger partial charge in [0.2, 0.25) is 0 Å². The fraction of sp³-hybridized carbons (Fsp3) is 0.571. The number of hydrogen-bond donors (Lipinski definition) is 1. The molecule has 0 saturated heterocycles. The molecule has 0 aliphatic carbocycles. The van der Waals surface area contributed by atoms with Gasteiger partial charge in [0, 0.05) is 24.8 Å². The van der Waals surface area contributed by atoms with Crippen molar-refractivity contribution in [3.05, 3.63) is 29.8 Å². The first kappa shape index (κ1) is 11.5. The molecule has 1 aliphatic heterocycles. The van der Waals surface area contributed by atoms with Crippen LogP contribution in [0.4, 0.5) is 5.69 Å². The van der Waals surface area contributed by atoms with Gasteiger partial charge in [-0.25, -0.2) is 0 Å². The van der Waals surface area contributed by atoms with Crippen LogP contribution in [0.25, 0.3) is 0 Å². The number of rotatable bonds is 5. The largest absolute Gasteiger partial charge is 0.369 e. The first-order valence-electron chi connectivity index (χ1n) is 6.35. The van der Waals surface area contributed by atoms with Crippen LogP contribution in [0.5, 0.6) is 0 Å². The van der Waals surface area contributed by atoms with E-state index in [0.717, 1.165) is 6.54 Å². The van der Waals surface area contributed by atoms with Gasteiger partial charge in [-0.1, -0.05) is 31.5 Å². The molecule has 1 unspecified atom stereocenters. The number of nitrogens with one attached hydrogen (secondary N) is 1. The van der Waals surface area contributed by atoms with E-state index in [1.165, 1.54) is 37.1 Å². The molecule has 0 fully saturated rings. The molecule has 0 saturated carbocycles. The van der Waals surface area contributed by atoms with E-state index in [0.29, 0.717) is 6.04 Å². The lowest BCUT2D eigenvalue weighted by Gasteiger charge is -2.25. The van der Waals surface area contributed by atoms with Gasteiger partial charge >= 0.3 is 0 Å². The SMILES string of the molecule is CCCC(CN1CCc2ccccc21)NC. The van der Waals surface area contributed by atoms with Crippen molar-refractivity contribution in [3.63, 3.8) is 0 Å². The Balaban J connectivity index is 2.02. The van der Waals surface area contributed by atoms with Gasteiger partial charge in [0.25, 0.3) is 0 Å². The molecule has 0 bridgehead atoms. The predicted octanol–water partition coefficient (Wildman–Crippen LogP) is 2.44. The lowest BCUT2D eigenvalue weighted by molar-refractivity contribution is 0.510. The average Bonchev–Trinajstić information content (AvgIpc) is 2.72. The van der Waals surface area contributed by atoms with Crippen LogP contribution in [-0.2, 0) is 6.42 Å². The van der Waals surface area contributed by atoms with Gasteiger partial charge in [0.05, 0.1) is 0 Å². The Bertz CT molecular complexity index is 335. The molecule has 2 heteroatoms. The molecule has 1 aliphatic rings. The molecule has 1 atom stereocenters. The summed E-state index contributed by atoms with van der Waals surface area (Å²) in [6, 6.07) is 9.41. The third-order valence-corrected chi connectivity index (χ3v) is 3.47. The highest BCUT2D eigenvalue weighted by atomic mass is 15.2. The third kappa shape index (κ3) is 2.38. The van der Waals surface area contributed by atoms with E-state index in [9.17, 15) is 0 Å². The lowest BCUT2D eigenvalue weighted by atomic mass is 10.1. The van der Waals surface area contributed by atoms with Gasteiger partial charge < -0.3 is 10.2 Å². The molecule has 0 radical (unpaired) electrons. The number of likely N-dealkylation sites (N-methyl/N-ethyl adjacent to an activating group) is 1. The zero-order chi connectivity index (χ0) is 11.4. The highest BCUT2D eigenvalue weighted by Crippen LogP contribution is 2.27. The standard InChI is InChI=1S/C14H22N2/c1-3-6-13(15-2)11-16-10-9-12-7-4-5-8-14(12)16/h4-5,7-8,13,15H,3,6,9-11H2,1-2H3. The first-order valence-corrected chi connectivity index (χ1v) is 6.35. The second-order valence-corrected chi connectivity index (χ2v) is 4.60. The molecule has 1 aromatic carbocycles. The fourth-order valence-electron chi connectivity index (χ4n) is 2.54. The Morgan fingerprint density at radius 2 is 2.19 bits per heavy atom. The van der Waals surface area contributed by atoms with Crippen molar-refractivity contribution in [1.82, 2.24) is 5.32 Å². The molecule has 0 amide bonds. The van der Waals surface area contributed by atoms with Crippen LogP contribution < -0.4 is 10.2 Å². The van der Waals surface area contributed by atoms with Crippen molar-refractivity contribution < 1.29 is 0 Å².